The second-order valence-electron chi connectivity index (χ2n) is 5.76. The van der Waals surface area contributed by atoms with Crippen molar-refractivity contribution >= 4 is 22.4 Å². The number of nitrogens with one attached hydrogen (secondary N) is 1. The number of tetrazole rings is 1. The van der Waals surface area contributed by atoms with Crippen molar-refractivity contribution in [1.29, 1.82) is 0 Å². The van der Waals surface area contributed by atoms with Gasteiger partial charge in [0.2, 0.25) is 0 Å². The van der Waals surface area contributed by atoms with Gasteiger partial charge in [-0.05, 0) is 28.1 Å². The van der Waals surface area contributed by atoms with Gasteiger partial charge in [-0.15, -0.1) is 16.4 Å². The molecule has 0 fully saturated rings. The van der Waals surface area contributed by atoms with Crippen molar-refractivity contribution in [1.82, 2.24) is 30.2 Å². The van der Waals surface area contributed by atoms with Crippen LogP contribution in [-0.4, -0.2) is 36.1 Å². The van der Waals surface area contributed by atoms with E-state index in [1.165, 1.54) is 22.3 Å². The maximum Gasteiger partial charge on any atom is 0.251 e. The number of hydrogen-bond donors (Lipinski definition) is 1. The summed E-state index contributed by atoms with van der Waals surface area (Å²) in [5.74, 6) is -0.224. The molecule has 8 nitrogen and oxygen atoms in total. The molecule has 0 bridgehead atoms. The van der Waals surface area contributed by atoms with E-state index >= 15 is 0 Å². The molecule has 0 aliphatic rings. The van der Waals surface area contributed by atoms with Crippen molar-refractivity contribution in [2.24, 2.45) is 0 Å². The molecule has 0 saturated heterocycles. The molecule has 1 atom stereocenters. The maximum absolute atomic E-state index is 12.9. The molecule has 1 unspecified atom stereocenters. The van der Waals surface area contributed by atoms with Crippen molar-refractivity contribution < 1.29 is 4.79 Å². The summed E-state index contributed by atoms with van der Waals surface area (Å²) in [4.78, 5) is 21.5. The first-order valence-corrected chi connectivity index (χ1v) is 9.11. The lowest BCUT2D eigenvalue weighted by atomic mass is 10.1. The van der Waals surface area contributed by atoms with E-state index in [-0.39, 0.29) is 5.91 Å². The number of thiazole rings is 1. The van der Waals surface area contributed by atoms with Gasteiger partial charge in [0.05, 0.1) is 5.69 Å². The SMILES string of the molecule is O=C(Nc1nc(-c2cccnc2)cs1)C(Cc1ccccc1)n1cnnn1. The summed E-state index contributed by atoms with van der Waals surface area (Å²) in [6.07, 6.45) is 5.35. The molecule has 0 radical (unpaired) electrons. The zero-order chi connectivity index (χ0) is 18.5. The number of carbonyl (C=O) groups excluding carboxylic acids is 1. The Bertz CT molecular complexity index is 1000. The Labute approximate surface area is 158 Å². The van der Waals surface area contributed by atoms with E-state index in [9.17, 15) is 4.79 Å². The smallest absolute Gasteiger partial charge is 0.251 e. The predicted octanol–water partition coefficient (Wildman–Crippen LogP) is 2.61. The van der Waals surface area contributed by atoms with Crippen LogP contribution in [0.5, 0.6) is 0 Å². The Balaban J connectivity index is 1.53. The average Bonchev–Trinajstić information content (AvgIpc) is 3.40. The van der Waals surface area contributed by atoms with Crippen LogP contribution in [0, 0.1) is 0 Å². The minimum absolute atomic E-state index is 0.224. The molecule has 3 aromatic heterocycles. The number of pyridine rings is 1. The Kier molecular flexibility index (Phi) is 4.93. The number of carbonyl (C=O) groups is 1. The lowest BCUT2D eigenvalue weighted by molar-refractivity contribution is -0.119. The van der Waals surface area contributed by atoms with E-state index in [1.54, 1.807) is 12.4 Å². The summed E-state index contributed by atoms with van der Waals surface area (Å²) in [7, 11) is 0. The quantitative estimate of drug-likeness (QED) is 0.555. The molecule has 0 spiro atoms. The number of amides is 1. The Morgan fingerprint density at radius 3 is 2.81 bits per heavy atom. The summed E-state index contributed by atoms with van der Waals surface area (Å²) in [6.45, 7) is 0. The van der Waals surface area contributed by atoms with Crippen molar-refractivity contribution in [3.63, 3.8) is 0 Å². The lowest BCUT2D eigenvalue weighted by Crippen LogP contribution is -2.28. The topological polar surface area (TPSA) is 98.5 Å². The molecular weight excluding hydrogens is 362 g/mol. The van der Waals surface area contributed by atoms with Gasteiger partial charge in [-0.1, -0.05) is 30.3 Å². The third-order valence-electron chi connectivity index (χ3n) is 3.95. The standard InChI is InChI=1S/C18H15N7OS/c26-17(22-18-21-15(11-27-18)14-7-4-8-19-10-14)16(25-12-20-23-24-25)9-13-5-2-1-3-6-13/h1-8,10-12,16H,9H2,(H,21,22,26). The molecule has 1 aromatic carbocycles. The zero-order valence-electron chi connectivity index (χ0n) is 14.1. The maximum atomic E-state index is 12.9. The van der Waals surface area contributed by atoms with Gasteiger partial charge in [-0.3, -0.25) is 9.78 Å². The first kappa shape index (κ1) is 17.0. The van der Waals surface area contributed by atoms with Crippen LogP contribution in [0.15, 0.2) is 66.6 Å². The van der Waals surface area contributed by atoms with Crippen LogP contribution in [0.1, 0.15) is 11.6 Å². The molecule has 1 N–H and O–H groups in total. The fourth-order valence-corrected chi connectivity index (χ4v) is 3.34. The van der Waals surface area contributed by atoms with Gasteiger partial charge >= 0.3 is 0 Å². The molecule has 0 aliphatic heterocycles. The van der Waals surface area contributed by atoms with Crippen LogP contribution in [-0.2, 0) is 11.2 Å². The highest BCUT2D eigenvalue weighted by atomic mass is 32.1. The van der Waals surface area contributed by atoms with E-state index in [1.807, 2.05) is 47.8 Å². The van der Waals surface area contributed by atoms with Gasteiger partial charge in [-0.25, -0.2) is 9.67 Å². The molecular formula is C18H15N7OS. The number of nitrogens with zero attached hydrogens (tertiary/aromatic N) is 6. The monoisotopic (exact) mass is 377 g/mol. The predicted molar refractivity (Wildman–Crippen MR) is 101 cm³/mol. The molecule has 0 aliphatic carbocycles. The van der Waals surface area contributed by atoms with Gasteiger partial charge in [0.25, 0.3) is 5.91 Å². The Hall–Kier alpha value is -3.46. The van der Waals surface area contributed by atoms with Gasteiger partial charge < -0.3 is 5.32 Å². The summed E-state index contributed by atoms with van der Waals surface area (Å²) in [5.41, 5.74) is 2.68. The lowest BCUT2D eigenvalue weighted by Gasteiger charge is -2.15. The average molecular weight is 377 g/mol. The van der Waals surface area contributed by atoms with E-state index in [2.05, 4.69) is 30.8 Å². The normalized spacial score (nSPS) is 11.9. The van der Waals surface area contributed by atoms with Gasteiger partial charge in [0, 0.05) is 29.8 Å². The summed E-state index contributed by atoms with van der Waals surface area (Å²) in [5, 5.41) is 16.5. The van der Waals surface area contributed by atoms with Crippen LogP contribution in [0.2, 0.25) is 0 Å². The first-order valence-electron chi connectivity index (χ1n) is 8.23. The molecule has 4 rings (SSSR count). The number of benzene rings is 1. The second kappa shape index (κ2) is 7.83. The molecule has 4 aromatic rings. The number of rotatable bonds is 6. The first-order chi connectivity index (χ1) is 13.3. The molecule has 3 heterocycles. The highest BCUT2D eigenvalue weighted by Crippen LogP contribution is 2.25. The molecule has 1 amide bonds. The zero-order valence-corrected chi connectivity index (χ0v) is 15.0. The van der Waals surface area contributed by atoms with Crippen molar-refractivity contribution in [2.75, 3.05) is 5.32 Å². The largest absolute Gasteiger partial charge is 0.300 e. The number of hydrogen-bond acceptors (Lipinski definition) is 7. The van der Waals surface area contributed by atoms with E-state index < -0.39 is 6.04 Å². The van der Waals surface area contributed by atoms with Gasteiger partial charge in [-0.2, -0.15) is 0 Å². The summed E-state index contributed by atoms with van der Waals surface area (Å²) >= 11 is 1.36. The minimum atomic E-state index is -0.576. The van der Waals surface area contributed by atoms with E-state index in [0.717, 1.165) is 16.8 Å². The summed E-state index contributed by atoms with van der Waals surface area (Å²) in [6, 6.07) is 12.9. The Morgan fingerprint density at radius 2 is 2.07 bits per heavy atom. The van der Waals surface area contributed by atoms with Gasteiger partial charge in [0.1, 0.15) is 12.4 Å². The Morgan fingerprint density at radius 1 is 1.19 bits per heavy atom. The van der Waals surface area contributed by atoms with Crippen molar-refractivity contribution in [2.45, 2.75) is 12.5 Å². The van der Waals surface area contributed by atoms with Crippen LogP contribution in [0.4, 0.5) is 5.13 Å². The highest BCUT2D eigenvalue weighted by Gasteiger charge is 2.23. The molecule has 0 saturated carbocycles. The highest BCUT2D eigenvalue weighted by molar-refractivity contribution is 7.14. The number of anilines is 1. The third kappa shape index (κ3) is 4.04. The van der Waals surface area contributed by atoms with E-state index in [4.69, 9.17) is 0 Å². The fourth-order valence-electron chi connectivity index (χ4n) is 2.62. The van der Waals surface area contributed by atoms with Crippen LogP contribution in [0.3, 0.4) is 0 Å². The summed E-state index contributed by atoms with van der Waals surface area (Å²) < 4.78 is 1.46. The molecule has 134 valence electrons. The number of aromatic nitrogens is 6. The van der Waals surface area contributed by atoms with Crippen molar-refractivity contribution in [3.8, 4) is 11.3 Å². The van der Waals surface area contributed by atoms with Crippen LogP contribution < -0.4 is 5.32 Å². The molecule has 27 heavy (non-hydrogen) atoms. The van der Waals surface area contributed by atoms with Crippen LogP contribution >= 0.6 is 11.3 Å². The third-order valence-corrected chi connectivity index (χ3v) is 4.71. The van der Waals surface area contributed by atoms with E-state index in [0.29, 0.717) is 11.6 Å². The molecule has 9 heteroatoms. The van der Waals surface area contributed by atoms with Gasteiger partial charge in [0.15, 0.2) is 5.13 Å². The fraction of sp³-hybridized carbons (Fsp3) is 0.111. The van der Waals surface area contributed by atoms with Crippen LogP contribution in [0.25, 0.3) is 11.3 Å². The minimum Gasteiger partial charge on any atom is -0.300 e. The second-order valence-corrected chi connectivity index (χ2v) is 6.62. The van der Waals surface area contributed by atoms with Crippen molar-refractivity contribution in [3.05, 3.63) is 72.1 Å².